The minimum absolute atomic E-state index is 0.138. The number of para-hydroxylation sites is 1. The summed E-state index contributed by atoms with van der Waals surface area (Å²) in [6.45, 7) is 0.277. The van der Waals surface area contributed by atoms with E-state index in [9.17, 15) is 24.5 Å². The molecule has 1 aliphatic heterocycles. The first kappa shape index (κ1) is 18.1. The van der Waals surface area contributed by atoms with E-state index in [2.05, 4.69) is 10.1 Å². The van der Waals surface area contributed by atoms with E-state index in [1.165, 1.54) is 24.1 Å². The fourth-order valence-corrected chi connectivity index (χ4v) is 2.62. The highest BCUT2D eigenvalue weighted by atomic mass is 16.6. The van der Waals surface area contributed by atoms with Gasteiger partial charge in [-0.1, -0.05) is 12.1 Å². The highest BCUT2D eigenvalue weighted by molar-refractivity contribution is 6.03. The monoisotopic (exact) mass is 373 g/mol. The van der Waals surface area contributed by atoms with Gasteiger partial charge in [-0.05, 0) is 18.2 Å². The van der Waals surface area contributed by atoms with Crippen molar-refractivity contribution in [3.63, 3.8) is 0 Å². The van der Waals surface area contributed by atoms with Gasteiger partial charge < -0.3 is 19.4 Å². The topological polar surface area (TPSA) is 132 Å². The minimum atomic E-state index is -0.734. The number of amides is 2. The smallest absolute Gasteiger partial charge is 0.433 e. The van der Waals surface area contributed by atoms with Crippen molar-refractivity contribution in [3.05, 3.63) is 57.8 Å². The van der Waals surface area contributed by atoms with E-state index in [0.29, 0.717) is 5.69 Å². The summed E-state index contributed by atoms with van der Waals surface area (Å²) in [5, 5.41) is 13.3. The van der Waals surface area contributed by atoms with Crippen LogP contribution < -0.4 is 5.32 Å². The van der Waals surface area contributed by atoms with Crippen molar-refractivity contribution in [2.75, 3.05) is 25.5 Å². The number of methoxy groups -OCH3 is 1. The summed E-state index contributed by atoms with van der Waals surface area (Å²) in [4.78, 5) is 47.5. The molecule has 140 valence electrons. The Morgan fingerprint density at radius 3 is 2.56 bits per heavy atom. The lowest BCUT2D eigenvalue weighted by atomic mass is 9.98. The molecule has 0 radical (unpaired) electrons. The first-order chi connectivity index (χ1) is 12.9. The quantitative estimate of drug-likeness (QED) is 0.479. The van der Waals surface area contributed by atoms with Gasteiger partial charge in [0.05, 0.1) is 30.3 Å². The van der Waals surface area contributed by atoms with Crippen LogP contribution in [0.25, 0.3) is 0 Å². The average Bonchev–Trinajstić information content (AvgIpc) is 3.10. The molecule has 2 amide bonds. The van der Waals surface area contributed by atoms with Crippen LogP contribution in [-0.2, 0) is 9.53 Å². The van der Waals surface area contributed by atoms with E-state index in [1.807, 2.05) is 0 Å². The van der Waals surface area contributed by atoms with E-state index in [1.54, 1.807) is 18.2 Å². The van der Waals surface area contributed by atoms with Crippen LogP contribution in [0.1, 0.15) is 20.9 Å². The van der Waals surface area contributed by atoms with Gasteiger partial charge in [0.15, 0.2) is 5.76 Å². The second-order valence-corrected chi connectivity index (χ2v) is 5.83. The van der Waals surface area contributed by atoms with Gasteiger partial charge in [0.1, 0.15) is 4.92 Å². The summed E-state index contributed by atoms with van der Waals surface area (Å²) in [5.41, 5.74) is 0.546. The maximum absolute atomic E-state index is 12.3. The lowest BCUT2D eigenvalue weighted by Crippen LogP contribution is -2.54. The predicted molar refractivity (Wildman–Crippen MR) is 91.2 cm³/mol. The number of ether oxygens (including phenoxy) is 1. The minimum Gasteiger partial charge on any atom is -0.465 e. The van der Waals surface area contributed by atoms with Crippen molar-refractivity contribution in [1.29, 1.82) is 0 Å². The van der Waals surface area contributed by atoms with Gasteiger partial charge in [-0.3, -0.25) is 19.7 Å². The van der Waals surface area contributed by atoms with Crippen LogP contribution in [0.15, 0.2) is 40.8 Å². The molecule has 1 saturated heterocycles. The Morgan fingerprint density at radius 2 is 1.93 bits per heavy atom. The summed E-state index contributed by atoms with van der Waals surface area (Å²) >= 11 is 0. The molecule has 1 aromatic carbocycles. The number of benzene rings is 1. The Labute approximate surface area is 152 Å². The second kappa shape index (κ2) is 7.28. The predicted octanol–water partition coefficient (Wildman–Crippen LogP) is 1.69. The van der Waals surface area contributed by atoms with E-state index in [0.717, 1.165) is 6.07 Å². The third kappa shape index (κ3) is 3.64. The normalized spacial score (nSPS) is 13.6. The van der Waals surface area contributed by atoms with Crippen LogP contribution in [0, 0.1) is 16.0 Å². The number of likely N-dealkylation sites (tertiary alicyclic amines) is 1. The van der Waals surface area contributed by atoms with Crippen LogP contribution in [0.3, 0.4) is 0 Å². The molecule has 2 aromatic rings. The standard InChI is InChI=1S/C17H15N3O7/c1-26-17(23)11-4-2-3-5-12(11)18-15(21)10-8-19(9-10)16(22)13-6-7-14(27-13)20(24)25/h2-7,10H,8-9H2,1H3,(H,18,21). The van der Waals surface area contributed by atoms with Gasteiger partial charge >= 0.3 is 11.9 Å². The molecule has 10 nitrogen and oxygen atoms in total. The Bertz CT molecular complexity index is 915. The number of anilines is 1. The molecule has 0 spiro atoms. The summed E-state index contributed by atoms with van der Waals surface area (Å²) in [6.07, 6.45) is 0. The first-order valence-electron chi connectivity index (χ1n) is 7.92. The number of furan rings is 1. The van der Waals surface area contributed by atoms with Crippen molar-refractivity contribution in [1.82, 2.24) is 4.90 Å². The largest absolute Gasteiger partial charge is 0.465 e. The van der Waals surface area contributed by atoms with Gasteiger partial charge in [0.2, 0.25) is 5.91 Å². The number of nitrogens with one attached hydrogen (secondary N) is 1. The summed E-state index contributed by atoms with van der Waals surface area (Å²) in [5.74, 6) is -2.59. The molecule has 3 rings (SSSR count). The number of hydrogen-bond donors (Lipinski definition) is 1. The molecule has 1 N–H and O–H groups in total. The second-order valence-electron chi connectivity index (χ2n) is 5.83. The number of nitro groups is 1. The molecular formula is C17H15N3O7. The molecule has 0 bridgehead atoms. The Balaban J connectivity index is 1.59. The SMILES string of the molecule is COC(=O)c1ccccc1NC(=O)C1CN(C(=O)c2ccc([N+](=O)[O-])o2)C1. The number of carbonyl (C=O) groups excluding carboxylic acids is 3. The zero-order chi connectivity index (χ0) is 19.6. The van der Waals surface area contributed by atoms with Crippen molar-refractivity contribution >= 4 is 29.4 Å². The van der Waals surface area contributed by atoms with E-state index < -0.39 is 28.6 Å². The highest BCUT2D eigenvalue weighted by Crippen LogP contribution is 2.24. The maximum Gasteiger partial charge on any atom is 0.433 e. The van der Waals surface area contributed by atoms with Gasteiger partial charge in [-0.15, -0.1) is 0 Å². The molecule has 0 unspecified atom stereocenters. The third-order valence-electron chi connectivity index (χ3n) is 4.11. The molecule has 1 aliphatic rings. The molecular weight excluding hydrogens is 358 g/mol. The Hall–Kier alpha value is -3.69. The number of nitrogens with zero attached hydrogens (tertiary/aromatic N) is 2. The molecule has 1 fully saturated rings. The number of rotatable bonds is 5. The molecule has 10 heteroatoms. The molecule has 27 heavy (non-hydrogen) atoms. The Kier molecular flexibility index (Phi) is 4.88. The van der Waals surface area contributed by atoms with Crippen molar-refractivity contribution in [3.8, 4) is 0 Å². The summed E-state index contributed by atoms with van der Waals surface area (Å²) in [7, 11) is 1.25. The Morgan fingerprint density at radius 1 is 1.22 bits per heavy atom. The van der Waals surface area contributed by atoms with E-state index in [-0.39, 0.29) is 30.3 Å². The van der Waals surface area contributed by atoms with Crippen LogP contribution in [0.4, 0.5) is 11.6 Å². The molecule has 2 heterocycles. The van der Waals surface area contributed by atoms with Crippen molar-refractivity contribution in [2.45, 2.75) is 0 Å². The van der Waals surface area contributed by atoms with Crippen LogP contribution >= 0.6 is 0 Å². The molecule has 0 saturated carbocycles. The van der Waals surface area contributed by atoms with Crippen LogP contribution in [-0.4, -0.2) is 47.8 Å². The summed E-state index contributed by atoms with van der Waals surface area (Å²) in [6, 6.07) is 8.74. The van der Waals surface area contributed by atoms with Gasteiger partial charge in [-0.2, -0.15) is 0 Å². The molecule has 0 atom stereocenters. The number of esters is 1. The van der Waals surface area contributed by atoms with Crippen LogP contribution in [0.5, 0.6) is 0 Å². The zero-order valence-corrected chi connectivity index (χ0v) is 14.2. The van der Waals surface area contributed by atoms with Crippen molar-refractivity contribution in [2.24, 2.45) is 5.92 Å². The van der Waals surface area contributed by atoms with E-state index in [4.69, 9.17) is 4.42 Å². The zero-order valence-electron chi connectivity index (χ0n) is 14.2. The highest BCUT2D eigenvalue weighted by Gasteiger charge is 2.37. The lowest BCUT2D eigenvalue weighted by Gasteiger charge is -2.37. The van der Waals surface area contributed by atoms with Gasteiger partial charge in [-0.25, -0.2) is 4.79 Å². The molecule has 1 aromatic heterocycles. The third-order valence-corrected chi connectivity index (χ3v) is 4.11. The van der Waals surface area contributed by atoms with Gasteiger partial charge in [0, 0.05) is 13.1 Å². The van der Waals surface area contributed by atoms with Crippen LogP contribution in [0.2, 0.25) is 0 Å². The van der Waals surface area contributed by atoms with Gasteiger partial charge in [0.25, 0.3) is 5.91 Å². The maximum atomic E-state index is 12.3. The fourth-order valence-electron chi connectivity index (χ4n) is 2.62. The van der Waals surface area contributed by atoms with Crippen molar-refractivity contribution < 1.29 is 28.5 Å². The van der Waals surface area contributed by atoms with E-state index >= 15 is 0 Å². The fraction of sp³-hybridized carbons (Fsp3) is 0.235. The lowest BCUT2D eigenvalue weighted by molar-refractivity contribution is -0.402. The summed E-state index contributed by atoms with van der Waals surface area (Å²) < 4.78 is 9.54. The number of hydrogen-bond acceptors (Lipinski definition) is 7. The number of carbonyl (C=O) groups is 3. The average molecular weight is 373 g/mol. The first-order valence-corrected chi connectivity index (χ1v) is 7.92. The molecule has 0 aliphatic carbocycles.